The molecule has 5 nitrogen and oxygen atoms in total. The van der Waals surface area contributed by atoms with E-state index >= 15 is 0 Å². The molecule has 1 aromatic carbocycles. The molecule has 0 saturated carbocycles. The summed E-state index contributed by atoms with van der Waals surface area (Å²) in [7, 11) is 0. The van der Waals surface area contributed by atoms with E-state index in [4.69, 9.17) is 10.8 Å². The third-order valence-electron chi connectivity index (χ3n) is 4.92. The van der Waals surface area contributed by atoms with Gasteiger partial charge in [-0.1, -0.05) is 19.9 Å². The smallest absolute Gasteiger partial charge is 0.0558 e. The van der Waals surface area contributed by atoms with Gasteiger partial charge in [-0.3, -0.25) is 0 Å². The van der Waals surface area contributed by atoms with Crippen molar-refractivity contribution in [3.63, 3.8) is 0 Å². The number of anilines is 2. The number of fused-ring (bicyclic) bond motifs is 1. The van der Waals surface area contributed by atoms with Crippen LogP contribution in [0, 0.1) is 0 Å². The second-order valence-corrected chi connectivity index (χ2v) is 6.62. The monoisotopic (exact) mass is 334 g/mol. The van der Waals surface area contributed by atoms with Crippen molar-refractivity contribution in [2.75, 3.05) is 69.6 Å². The summed E-state index contributed by atoms with van der Waals surface area (Å²) in [5.74, 6) is 0. The van der Waals surface area contributed by atoms with Gasteiger partial charge in [-0.05, 0) is 43.6 Å². The highest BCUT2D eigenvalue weighted by Gasteiger charge is 2.19. The summed E-state index contributed by atoms with van der Waals surface area (Å²) in [6.07, 6.45) is 2.30. The molecule has 5 heteroatoms. The first kappa shape index (κ1) is 19.0. The third-order valence-corrected chi connectivity index (χ3v) is 4.92. The highest BCUT2D eigenvalue weighted by Crippen LogP contribution is 2.29. The Hall–Kier alpha value is -1.30. The maximum Gasteiger partial charge on any atom is 0.0558 e. The highest BCUT2D eigenvalue weighted by atomic mass is 16.3. The number of nitrogens with zero attached hydrogens (tertiary/aromatic N) is 3. The van der Waals surface area contributed by atoms with Gasteiger partial charge in [0.25, 0.3) is 0 Å². The first-order valence-electron chi connectivity index (χ1n) is 9.36. The van der Waals surface area contributed by atoms with E-state index in [1.165, 1.54) is 17.7 Å². The molecule has 0 aliphatic carbocycles. The Morgan fingerprint density at radius 1 is 1.08 bits per heavy atom. The van der Waals surface area contributed by atoms with Crippen molar-refractivity contribution < 1.29 is 5.11 Å². The van der Waals surface area contributed by atoms with Crippen LogP contribution in [0.2, 0.25) is 0 Å². The Bertz CT molecular complexity index is 494. The molecule has 0 spiro atoms. The van der Waals surface area contributed by atoms with Crippen LogP contribution in [0.5, 0.6) is 0 Å². The predicted octanol–water partition coefficient (Wildman–Crippen LogP) is 1.66. The molecular formula is C19H34N4O. The lowest BCUT2D eigenvalue weighted by molar-refractivity contribution is 0.174. The molecule has 136 valence electrons. The van der Waals surface area contributed by atoms with Crippen molar-refractivity contribution in [1.29, 1.82) is 0 Å². The standard InChI is InChI=1S/C19H34N4O/c1-3-8-22(11-10-21(4-2)14-15-24)12-13-23-9-7-17-5-6-18(20)16-19(17)23/h5-6,16,24H,3-4,7-15,20H2,1-2H3. The summed E-state index contributed by atoms with van der Waals surface area (Å²) in [5.41, 5.74) is 9.56. The van der Waals surface area contributed by atoms with E-state index in [1.807, 2.05) is 6.07 Å². The molecule has 3 N–H and O–H groups in total. The summed E-state index contributed by atoms with van der Waals surface area (Å²) in [5, 5.41) is 9.13. The van der Waals surface area contributed by atoms with Crippen molar-refractivity contribution in [2.45, 2.75) is 26.7 Å². The summed E-state index contributed by atoms with van der Waals surface area (Å²) in [4.78, 5) is 7.33. The summed E-state index contributed by atoms with van der Waals surface area (Å²) < 4.78 is 0. The minimum atomic E-state index is 0.244. The highest BCUT2D eigenvalue weighted by molar-refractivity contribution is 5.64. The fraction of sp³-hybridized carbons (Fsp3) is 0.684. The SMILES string of the molecule is CCCN(CCN(CC)CCO)CCN1CCc2ccc(N)cc21. The Labute approximate surface area is 147 Å². The van der Waals surface area contributed by atoms with Gasteiger partial charge in [0.15, 0.2) is 0 Å². The Balaban J connectivity index is 1.85. The summed E-state index contributed by atoms with van der Waals surface area (Å²) in [6.45, 7) is 12.9. The number of benzene rings is 1. The van der Waals surface area contributed by atoms with Crippen molar-refractivity contribution in [3.05, 3.63) is 23.8 Å². The van der Waals surface area contributed by atoms with Crippen LogP contribution in [0.1, 0.15) is 25.8 Å². The van der Waals surface area contributed by atoms with Crippen LogP contribution in [0.15, 0.2) is 18.2 Å². The van der Waals surface area contributed by atoms with Crippen LogP contribution < -0.4 is 10.6 Å². The quantitative estimate of drug-likeness (QED) is 0.603. The van der Waals surface area contributed by atoms with Gasteiger partial charge in [0.05, 0.1) is 6.61 Å². The molecule has 0 atom stereocenters. The van der Waals surface area contributed by atoms with Gasteiger partial charge in [0.1, 0.15) is 0 Å². The number of aliphatic hydroxyl groups excluding tert-OH is 1. The second kappa shape index (κ2) is 9.87. The first-order chi connectivity index (χ1) is 11.7. The maximum absolute atomic E-state index is 9.13. The van der Waals surface area contributed by atoms with E-state index in [0.717, 1.165) is 64.5 Å². The Morgan fingerprint density at radius 3 is 2.58 bits per heavy atom. The number of hydrogen-bond acceptors (Lipinski definition) is 5. The normalized spacial score (nSPS) is 14.0. The fourth-order valence-corrected chi connectivity index (χ4v) is 3.46. The topological polar surface area (TPSA) is 56.0 Å². The largest absolute Gasteiger partial charge is 0.399 e. The van der Waals surface area contributed by atoms with Crippen molar-refractivity contribution >= 4 is 11.4 Å². The average Bonchev–Trinajstić information content (AvgIpc) is 2.98. The molecular weight excluding hydrogens is 300 g/mol. The molecule has 1 aromatic rings. The van der Waals surface area contributed by atoms with Gasteiger partial charge in [-0.2, -0.15) is 0 Å². The number of nitrogens with two attached hydrogens (primary N) is 1. The predicted molar refractivity (Wildman–Crippen MR) is 103 cm³/mol. The molecule has 24 heavy (non-hydrogen) atoms. The van der Waals surface area contributed by atoms with E-state index < -0.39 is 0 Å². The molecule has 2 rings (SSSR count). The number of nitrogen functional groups attached to an aromatic ring is 1. The van der Waals surface area contributed by atoms with Gasteiger partial charge in [-0.25, -0.2) is 0 Å². The minimum Gasteiger partial charge on any atom is -0.399 e. The van der Waals surface area contributed by atoms with Crippen molar-refractivity contribution in [3.8, 4) is 0 Å². The summed E-state index contributed by atoms with van der Waals surface area (Å²) >= 11 is 0. The van der Waals surface area contributed by atoms with E-state index in [0.29, 0.717) is 0 Å². The molecule has 0 aromatic heterocycles. The van der Waals surface area contributed by atoms with E-state index in [9.17, 15) is 0 Å². The maximum atomic E-state index is 9.13. The Kier molecular flexibility index (Phi) is 7.82. The number of hydrogen-bond donors (Lipinski definition) is 2. The van der Waals surface area contributed by atoms with Crippen LogP contribution in [-0.4, -0.2) is 73.9 Å². The number of likely N-dealkylation sites (N-methyl/N-ethyl adjacent to an activating group) is 1. The zero-order valence-corrected chi connectivity index (χ0v) is 15.4. The Morgan fingerprint density at radius 2 is 1.88 bits per heavy atom. The van der Waals surface area contributed by atoms with Crippen molar-refractivity contribution in [1.82, 2.24) is 9.80 Å². The fourth-order valence-electron chi connectivity index (χ4n) is 3.46. The molecule has 0 radical (unpaired) electrons. The molecule has 0 bridgehead atoms. The van der Waals surface area contributed by atoms with Gasteiger partial charge < -0.3 is 25.5 Å². The lowest BCUT2D eigenvalue weighted by Crippen LogP contribution is -2.40. The van der Waals surface area contributed by atoms with Crippen LogP contribution in [0.3, 0.4) is 0 Å². The molecule has 0 unspecified atom stereocenters. The van der Waals surface area contributed by atoms with Crippen LogP contribution in [0.4, 0.5) is 11.4 Å². The molecule has 1 heterocycles. The van der Waals surface area contributed by atoms with Gasteiger partial charge in [0, 0.05) is 50.6 Å². The van der Waals surface area contributed by atoms with Crippen LogP contribution in [-0.2, 0) is 6.42 Å². The number of rotatable bonds is 11. The van der Waals surface area contributed by atoms with Crippen LogP contribution in [0.25, 0.3) is 0 Å². The third kappa shape index (κ3) is 5.36. The lowest BCUT2D eigenvalue weighted by Gasteiger charge is -2.29. The molecule has 1 aliphatic heterocycles. The van der Waals surface area contributed by atoms with Gasteiger partial charge >= 0.3 is 0 Å². The second-order valence-electron chi connectivity index (χ2n) is 6.62. The molecule has 0 amide bonds. The van der Waals surface area contributed by atoms with Crippen LogP contribution >= 0.6 is 0 Å². The minimum absolute atomic E-state index is 0.244. The molecule has 1 aliphatic rings. The van der Waals surface area contributed by atoms with Crippen molar-refractivity contribution in [2.24, 2.45) is 0 Å². The summed E-state index contributed by atoms with van der Waals surface area (Å²) in [6, 6.07) is 6.29. The average molecular weight is 335 g/mol. The zero-order chi connectivity index (χ0) is 17.4. The van der Waals surface area contributed by atoms with E-state index in [-0.39, 0.29) is 6.61 Å². The zero-order valence-electron chi connectivity index (χ0n) is 15.4. The molecule has 0 fully saturated rings. The van der Waals surface area contributed by atoms with Gasteiger partial charge in [-0.15, -0.1) is 0 Å². The van der Waals surface area contributed by atoms with E-state index in [1.54, 1.807) is 0 Å². The van der Waals surface area contributed by atoms with Gasteiger partial charge in [0.2, 0.25) is 0 Å². The van der Waals surface area contributed by atoms with E-state index in [2.05, 4.69) is 40.7 Å². The lowest BCUT2D eigenvalue weighted by atomic mass is 10.1. The first-order valence-corrected chi connectivity index (χ1v) is 9.36. The molecule has 0 saturated heterocycles. The number of aliphatic hydroxyl groups is 1.